The number of nitrogens with zero attached hydrogens (tertiary/aromatic N) is 2. The lowest BCUT2D eigenvalue weighted by molar-refractivity contribution is -0.131. The lowest BCUT2D eigenvalue weighted by atomic mass is 10.2. The van der Waals surface area contributed by atoms with E-state index in [-0.39, 0.29) is 0 Å². The third-order valence-electron chi connectivity index (χ3n) is 3.81. The van der Waals surface area contributed by atoms with Gasteiger partial charge in [0.1, 0.15) is 0 Å². The summed E-state index contributed by atoms with van der Waals surface area (Å²) in [5.41, 5.74) is 1.11. The van der Waals surface area contributed by atoms with Gasteiger partial charge in [0.05, 0.1) is 28.8 Å². The summed E-state index contributed by atoms with van der Waals surface area (Å²) >= 11 is 1.64. The SMILES string of the molecule is O=C(O)/C=C/c1sc(CCN2CCOCC2)nc1C1CC1. The lowest BCUT2D eigenvalue weighted by Gasteiger charge is -2.25. The van der Waals surface area contributed by atoms with Crippen LogP contribution in [0.4, 0.5) is 0 Å². The molecule has 0 amide bonds. The minimum atomic E-state index is -0.903. The number of rotatable bonds is 6. The standard InChI is InChI=1S/C15H20N2O3S/c18-14(19)4-3-12-15(11-1-2-11)16-13(21-12)5-6-17-7-9-20-10-8-17/h3-4,11H,1-2,5-10H2,(H,18,19)/b4-3+. The van der Waals surface area contributed by atoms with Gasteiger partial charge in [0, 0.05) is 38.0 Å². The molecule has 1 aliphatic heterocycles. The second kappa shape index (κ2) is 6.68. The maximum absolute atomic E-state index is 10.7. The van der Waals surface area contributed by atoms with Gasteiger partial charge in [-0.2, -0.15) is 0 Å². The van der Waals surface area contributed by atoms with Crippen LogP contribution in [0.1, 0.15) is 34.3 Å². The van der Waals surface area contributed by atoms with Crippen molar-refractivity contribution in [2.75, 3.05) is 32.8 Å². The molecule has 0 atom stereocenters. The van der Waals surface area contributed by atoms with Gasteiger partial charge in [0.25, 0.3) is 0 Å². The van der Waals surface area contributed by atoms with Crippen LogP contribution < -0.4 is 0 Å². The van der Waals surface area contributed by atoms with Gasteiger partial charge in [-0.25, -0.2) is 9.78 Å². The van der Waals surface area contributed by atoms with Crippen molar-refractivity contribution in [2.45, 2.75) is 25.2 Å². The van der Waals surface area contributed by atoms with E-state index in [0.29, 0.717) is 5.92 Å². The van der Waals surface area contributed by atoms with Crippen LogP contribution >= 0.6 is 11.3 Å². The Balaban J connectivity index is 1.64. The fraction of sp³-hybridized carbons (Fsp3) is 0.600. The van der Waals surface area contributed by atoms with Crippen molar-refractivity contribution in [1.29, 1.82) is 0 Å². The predicted octanol–water partition coefficient (Wildman–Crippen LogP) is 1.99. The molecule has 21 heavy (non-hydrogen) atoms. The van der Waals surface area contributed by atoms with Gasteiger partial charge in [-0.1, -0.05) is 0 Å². The molecule has 3 rings (SSSR count). The number of aromatic nitrogens is 1. The second-order valence-corrected chi connectivity index (χ2v) is 6.62. The first-order valence-electron chi connectivity index (χ1n) is 7.43. The Labute approximate surface area is 128 Å². The van der Waals surface area contributed by atoms with E-state index in [1.54, 1.807) is 17.4 Å². The van der Waals surface area contributed by atoms with Crippen LogP contribution in [0.3, 0.4) is 0 Å². The predicted molar refractivity (Wildman–Crippen MR) is 81.7 cm³/mol. The lowest BCUT2D eigenvalue weighted by Crippen LogP contribution is -2.37. The highest BCUT2D eigenvalue weighted by Gasteiger charge is 2.29. The molecule has 6 heteroatoms. The van der Waals surface area contributed by atoms with E-state index >= 15 is 0 Å². The van der Waals surface area contributed by atoms with Gasteiger partial charge in [0.15, 0.2) is 0 Å². The number of hydrogen-bond donors (Lipinski definition) is 1. The van der Waals surface area contributed by atoms with Crippen LogP contribution in [0.2, 0.25) is 0 Å². The summed E-state index contributed by atoms with van der Waals surface area (Å²) in [6.07, 6.45) is 6.21. The third-order valence-corrected chi connectivity index (χ3v) is 4.91. The summed E-state index contributed by atoms with van der Waals surface area (Å²) in [6.45, 7) is 4.62. The van der Waals surface area contributed by atoms with Crippen molar-refractivity contribution < 1.29 is 14.6 Å². The average molecular weight is 308 g/mol. The van der Waals surface area contributed by atoms with Gasteiger partial charge in [-0.15, -0.1) is 11.3 Å². The van der Waals surface area contributed by atoms with Crippen molar-refractivity contribution in [3.8, 4) is 0 Å². The van der Waals surface area contributed by atoms with Crippen molar-refractivity contribution >= 4 is 23.4 Å². The Hall–Kier alpha value is -1.24. The molecule has 2 heterocycles. The summed E-state index contributed by atoms with van der Waals surface area (Å²) in [5.74, 6) is -0.355. The summed E-state index contributed by atoms with van der Waals surface area (Å²) in [6, 6.07) is 0. The molecule has 0 bridgehead atoms. The molecule has 0 radical (unpaired) electrons. The van der Waals surface area contributed by atoms with Gasteiger partial charge in [-0.05, 0) is 18.9 Å². The van der Waals surface area contributed by atoms with E-state index in [1.165, 1.54) is 18.9 Å². The zero-order valence-corrected chi connectivity index (χ0v) is 12.8. The van der Waals surface area contributed by atoms with Crippen molar-refractivity contribution in [3.05, 3.63) is 21.7 Å². The minimum Gasteiger partial charge on any atom is -0.478 e. The smallest absolute Gasteiger partial charge is 0.328 e. The fourth-order valence-corrected chi connectivity index (χ4v) is 3.54. The summed E-state index contributed by atoms with van der Waals surface area (Å²) < 4.78 is 5.35. The van der Waals surface area contributed by atoms with Gasteiger partial charge in [0.2, 0.25) is 0 Å². The summed E-state index contributed by atoms with van der Waals surface area (Å²) in [7, 11) is 0. The molecule has 1 aromatic heterocycles. The Bertz CT molecular complexity index is 531. The van der Waals surface area contributed by atoms with E-state index in [0.717, 1.165) is 54.8 Å². The number of carboxylic acids is 1. The van der Waals surface area contributed by atoms with Crippen LogP contribution in [-0.4, -0.2) is 53.8 Å². The third kappa shape index (κ3) is 4.12. The number of carbonyl (C=O) groups is 1. The number of ether oxygens (including phenoxy) is 1. The molecule has 1 aliphatic carbocycles. The first kappa shape index (κ1) is 14.7. The van der Waals surface area contributed by atoms with Crippen molar-refractivity contribution in [1.82, 2.24) is 9.88 Å². The van der Waals surface area contributed by atoms with E-state index in [1.807, 2.05) is 0 Å². The molecule has 1 N–H and O–H groups in total. The molecule has 114 valence electrons. The van der Waals surface area contributed by atoms with Gasteiger partial charge < -0.3 is 9.84 Å². The zero-order chi connectivity index (χ0) is 14.7. The normalized spacial score (nSPS) is 20.2. The minimum absolute atomic E-state index is 0.548. The second-order valence-electron chi connectivity index (χ2n) is 5.51. The average Bonchev–Trinajstić information content (AvgIpc) is 3.25. The monoisotopic (exact) mass is 308 g/mol. The largest absolute Gasteiger partial charge is 0.478 e. The topological polar surface area (TPSA) is 62.7 Å². The van der Waals surface area contributed by atoms with E-state index in [2.05, 4.69) is 4.90 Å². The Morgan fingerprint density at radius 2 is 2.19 bits per heavy atom. The van der Waals surface area contributed by atoms with E-state index in [4.69, 9.17) is 14.8 Å². The van der Waals surface area contributed by atoms with Crippen LogP contribution in [0.25, 0.3) is 6.08 Å². The highest BCUT2D eigenvalue weighted by molar-refractivity contribution is 7.12. The number of hydrogen-bond acceptors (Lipinski definition) is 5. The molecule has 0 spiro atoms. The Kier molecular flexibility index (Phi) is 4.67. The highest BCUT2D eigenvalue weighted by Crippen LogP contribution is 2.43. The number of carboxylic acid groups (broad SMARTS) is 1. The number of morpholine rings is 1. The maximum Gasteiger partial charge on any atom is 0.328 e. The van der Waals surface area contributed by atoms with E-state index in [9.17, 15) is 4.79 Å². The first-order valence-corrected chi connectivity index (χ1v) is 8.25. The van der Waals surface area contributed by atoms with Crippen LogP contribution in [-0.2, 0) is 16.0 Å². The van der Waals surface area contributed by atoms with Crippen LogP contribution in [0, 0.1) is 0 Å². The van der Waals surface area contributed by atoms with E-state index < -0.39 is 5.97 Å². The maximum atomic E-state index is 10.7. The first-order chi connectivity index (χ1) is 10.2. The van der Waals surface area contributed by atoms with Crippen molar-refractivity contribution in [3.63, 3.8) is 0 Å². The molecule has 0 unspecified atom stereocenters. The number of aliphatic carboxylic acids is 1. The highest BCUT2D eigenvalue weighted by atomic mass is 32.1. The van der Waals surface area contributed by atoms with Crippen molar-refractivity contribution in [2.24, 2.45) is 0 Å². The quantitative estimate of drug-likeness (QED) is 0.814. The molecule has 0 aromatic carbocycles. The fourth-order valence-electron chi connectivity index (χ4n) is 2.49. The summed E-state index contributed by atoms with van der Waals surface area (Å²) in [4.78, 5) is 18.9. The molecule has 2 fully saturated rings. The molecular formula is C15H20N2O3S. The molecular weight excluding hydrogens is 288 g/mol. The number of thiazole rings is 1. The van der Waals surface area contributed by atoms with Crippen LogP contribution in [0.15, 0.2) is 6.08 Å². The Morgan fingerprint density at radius 1 is 1.43 bits per heavy atom. The molecule has 1 aromatic rings. The molecule has 2 aliphatic rings. The Morgan fingerprint density at radius 3 is 2.86 bits per heavy atom. The van der Waals surface area contributed by atoms with Gasteiger partial charge in [-0.3, -0.25) is 4.90 Å². The summed E-state index contributed by atoms with van der Waals surface area (Å²) in [5, 5.41) is 9.90. The van der Waals surface area contributed by atoms with Gasteiger partial charge >= 0.3 is 5.97 Å². The molecule has 5 nitrogen and oxygen atoms in total. The zero-order valence-electron chi connectivity index (χ0n) is 12.0. The molecule has 1 saturated carbocycles. The molecule has 1 saturated heterocycles. The van der Waals surface area contributed by atoms with Crippen LogP contribution in [0.5, 0.6) is 0 Å².